The van der Waals surface area contributed by atoms with Crippen molar-refractivity contribution in [2.75, 3.05) is 7.11 Å². The molecule has 0 fully saturated rings. The number of hydrogen-bond donors (Lipinski definition) is 1. The molecule has 0 saturated carbocycles. The summed E-state index contributed by atoms with van der Waals surface area (Å²) in [5.41, 5.74) is 4.16. The van der Waals surface area contributed by atoms with E-state index in [9.17, 15) is 0 Å². The summed E-state index contributed by atoms with van der Waals surface area (Å²) in [6, 6.07) is 6.99. The van der Waals surface area contributed by atoms with E-state index in [-0.39, 0.29) is 0 Å². The molecule has 1 aromatic carbocycles. The van der Waals surface area contributed by atoms with E-state index < -0.39 is 0 Å². The second kappa shape index (κ2) is 7.18. The highest BCUT2D eigenvalue weighted by molar-refractivity contribution is 5.37. The molecule has 1 aliphatic rings. The van der Waals surface area contributed by atoms with E-state index in [0.717, 1.165) is 31.7 Å². The standard InChI is InChI=1S/C19H27N3O/c1-14(2)12-22-13-20-10-18(22)11-21-17-6-4-15-5-7-19(23-3)9-16(15)8-17/h5,7,9-10,13-14,17,21H,4,6,8,11-12H2,1-3H3/t17-/m0/s1. The van der Waals surface area contributed by atoms with E-state index in [0.29, 0.717) is 12.0 Å². The van der Waals surface area contributed by atoms with E-state index in [1.807, 2.05) is 12.5 Å². The molecule has 0 unspecified atom stereocenters. The van der Waals surface area contributed by atoms with Crippen LogP contribution in [0.3, 0.4) is 0 Å². The van der Waals surface area contributed by atoms with Gasteiger partial charge in [0.15, 0.2) is 0 Å². The monoisotopic (exact) mass is 313 g/mol. The van der Waals surface area contributed by atoms with Gasteiger partial charge in [0.1, 0.15) is 5.75 Å². The summed E-state index contributed by atoms with van der Waals surface area (Å²) in [4.78, 5) is 4.30. The molecule has 0 spiro atoms. The summed E-state index contributed by atoms with van der Waals surface area (Å²) in [7, 11) is 1.73. The van der Waals surface area contributed by atoms with Crippen LogP contribution in [-0.2, 0) is 25.9 Å². The second-order valence-corrected chi connectivity index (χ2v) is 6.89. The highest BCUT2D eigenvalue weighted by atomic mass is 16.5. The first-order valence-corrected chi connectivity index (χ1v) is 8.54. The third-order valence-corrected chi connectivity index (χ3v) is 4.57. The summed E-state index contributed by atoms with van der Waals surface area (Å²) in [6.45, 7) is 6.39. The Kier molecular flexibility index (Phi) is 5.01. The molecule has 124 valence electrons. The number of imidazole rings is 1. The van der Waals surface area contributed by atoms with E-state index in [2.05, 4.69) is 46.9 Å². The number of nitrogens with one attached hydrogen (secondary N) is 1. The Balaban J connectivity index is 1.60. The lowest BCUT2D eigenvalue weighted by molar-refractivity contribution is 0.410. The summed E-state index contributed by atoms with van der Waals surface area (Å²) in [5.74, 6) is 1.59. The fourth-order valence-corrected chi connectivity index (χ4v) is 3.34. The largest absolute Gasteiger partial charge is 0.497 e. The third kappa shape index (κ3) is 3.94. The highest BCUT2D eigenvalue weighted by Gasteiger charge is 2.19. The minimum absolute atomic E-state index is 0.525. The zero-order chi connectivity index (χ0) is 16.2. The van der Waals surface area contributed by atoms with E-state index in [1.54, 1.807) is 7.11 Å². The lowest BCUT2D eigenvalue weighted by Gasteiger charge is -2.26. The molecule has 1 N–H and O–H groups in total. The molecule has 4 heteroatoms. The number of hydrogen-bond acceptors (Lipinski definition) is 3. The minimum atomic E-state index is 0.525. The maximum absolute atomic E-state index is 5.36. The van der Waals surface area contributed by atoms with E-state index >= 15 is 0 Å². The lowest BCUT2D eigenvalue weighted by atomic mass is 9.88. The number of methoxy groups -OCH3 is 1. The number of aryl methyl sites for hydroxylation is 1. The average molecular weight is 313 g/mol. The van der Waals surface area contributed by atoms with Crippen molar-refractivity contribution in [2.45, 2.75) is 52.2 Å². The smallest absolute Gasteiger partial charge is 0.119 e. The van der Waals surface area contributed by atoms with Gasteiger partial charge in [0.2, 0.25) is 0 Å². The first kappa shape index (κ1) is 16.1. The fourth-order valence-electron chi connectivity index (χ4n) is 3.34. The van der Waals surface area contributed by atoms with Crippen molar-refractivity contribution in [3.05, 3.63) is 47.5 Å². The summed E-state index contributed by atoms with van der Waals surface area (Å²) < 4.78 is 7.62. The maximum atomic E-state index is 5.36. The van der Waals surface area contributed by atoms with Gasteiger partial charge in [-0.05, 0) is 48.4 Å². The first-order valence-electron chi connectivity index (χ1n) is 8.54. The Morgan fingerprint density at radius 1 is 1.35 bits per heavy atom. The molecule has 23 heavy (non-hydrogen) atoms. The van der Waals surface area contributed by atoms with Gasteiger partial charge in [-0.2, -0.15) is 0 Å². The molecular weight excluding hydrogens is 286 g/mol. The van der Waals surface area contributed by atoms with Gasteiger partial charge in [-0.1, -0.05) is 19.9 Å². The van der Waals surface area contributed by atoms with Gasteiger partial charge < -0.3 is 14.6 Å². The van der Waals surface area contributed by atoms with Gasteiger partial charge in [0.05, 0.1) is 19.1 Å². The van der Waals surface area contributed by atoms with Crippen LogP contribution in [0.1, 0.15) is 37.1 Å². The maximum Gasteiger partial charge on any atom is 0.119 e. The Morgan fingerprint density at radius 3 is 3.00 bits per heavy atom. The second-order valence-electron chi connectivity index (χ2n) is 6.89. The Morgan fingerprint density at radius 2 is 2.22 bits per heavy atom. The van der Waals surface area contributed by atoms with E-state index in [1.165, 1.54) is 23.2 Å². The molecule has 4 nitrogen and oxygen atoms in total. The van der Waals surface area contributed by atoms with Gasteiger partial charge in [-0.15, -0.1) is 0 Å². The normalized spacial score (nSPS) is 17.3. The molecule has 1 aromatic heterocycles. The predicted molar refractivity (Wildman–Crippen MR) is 92.7 cm³/mol. The van der Waals surface area contributed by atoms with Crippen LogP contribution < -0.4 is 10.1 Å². The van der Waals surface area contributed by atoms with Crippen molar-refractivity contribution in [3.63, 3.8) is 0 Å². The molecule has 0 saturated heterocycles. The van der Waals surface area contributed by atoms with Crippen LogP contribution in [0, 0.1) is 5.92 Å². The molecule has 0 bridgehead atoms. The number of fused-ring (bicyclic) bond motifs is 1. The van der Waals surface area contributed by atoms with Gasteiger partial charge in [0, 0.05) is 25.3 Å². The van der Waals surface area contributed by atoms with Crippen molar-refractivity contribution >= 4 is 0 Å². The van der Waals surface area contributed by atoms with Gasteiger partial charge in [-0.3, -0.25) is 0 Å². The average Bonchev–Trinajstić information content (AvgIpc) is 2.98. The zero-order valence-corrected chi connectivity index (χ0v) is 14.4. The van der Waals surface area contributed by atoms with Crippen LogP contribution in [-0.4, -0.2) is 22.7 Å². The lowest BCUT2D eigenvalue weighted by Crippen LogP contribution is -2.34. The van der Waals surface area contributed by atoms with Crippen LogP contribution in [0.2, 0.25) is 0 Å². The molecule has 0 amide bonds. The molecule has 1 aliphatic carbocycles. The van der Waals surface area contributed by atoms with Gasteiger partial charge in [-0.25, -0.2) is 4.98 Å². The summed E-state index contributed by atoms with van der Waals surface area (Å²) >= 11 is 0. The first-order chi connectivity index (χ1) is 11.2. The number of aromatic nitrogens is 2. The van der Waals surface area contributed by atoms with Crippen molar-refractivity contribution in [1.82, 2.24) is 14.9 Å². The van der Waals surface area contributed by atoms with Crippen LogP contribution >= 0.6 is 0 Å². The third-order valence-electron chi connectivity index (χ3n) is 4.57. The number of nitrogens with zero attached hydrogens (tertiary/aromatic N) is 2. The number of rotatable bonds is 6. The Bertz CT molecular complexity index is 648. The van der Waals surface area contributed by atoms with Gasteiger partial charge in [0.25, 0.3) is 0 Å². The molecule has 1 atom stereocenters. The summed E-state index contributed by atoms with van der Waals surface area (Å²) in [6.07, 6.45) is 7.33. The molecule has 0 radical (unpaired) electrons. The number of ether oxygens (including phenoxy) is 1. The fraction of sp³-hybridized carbons (Fsp3) is 0.526. The van der Waals surface area contributed by atoms with E-state index in [4.69, 9.17) is 4.74 Å². The molecular formula is C19H27N3O. The van der Waals surface area contributed by atoms with Crippen LogP contribution in [0.15, 0.2) is 30.7 Å². The molecule has 1 heterocycles. The SMILES string of the molecule is COc1ccc2c(c1)C[C@@H](NCc1cncn1CC(C)C)CC2. The molecule has 3 rings (SSSR count). The van der Waals surface area contributed by atoms with Crippen molar-refractivity contribution in [3.8, 4) is 5.75 Å². The minimum Gasteiger partial charge on any atom is -0.497 e. The van der Waals surface area contributed by atoms with Gasteiger partial charge >= 0.3 is 0 Å². The van der Waals surface area contributed by atoms with Crippen LogP contribution in [0.5, 0.6) is 5.75 Å². The molecule has 2 aromatic rings. The Hall–Kier alpha value is -1.81. The van der Waals surface area contributed by atoms with Crippen LogP contribution in [0.25, 0.3) is 0 Å². The van der Waals surface area contributed by atoms with Crippen molar-refractivity contribution in [1.29, 1.82) is 0 Å². The van der Waals surface area contributed by atoms with Crippen molar-refractivity contribution in [2.24, 2.45) is 5.92 Å². The van der Waals surface area contributed by atoms with Crippen molar-refractivity contribution < 1.29 is 4.74 Å². The quantitative estimate of drug-likeness (QED) is 0.890. The highest BCUT2D eigenvalue weighted by Crippen LogP contribution is 2.25. The Labute approximate surface area is 138 Å². The number of benzene rings is 1. The molecule has 0 aliphatic heterocycles. The van der Waals surface area contributed by atoms with Crippen LogP contribution in [0.4, 0.5) is 0 Å². The summed E-state index contributed by atoms with van der Waals surface area (Å²) in [5, 5.41) is 3.71. The zero-order valence-electron chi connectivity index (χ0n) is 14.4. The topological polar surface area (TPSA) is 39.1 Å². The predicted octanol–water partition coefficient (Wildman–Crippen LogP) is 3.19.